The summed E-state index contributed by atoms with van der Waals surface area (Å²) in [5.74, 6) is 1.02. The minimum atomic E-state index is 0.0890. The van der Waals surface area contributed by atoms with E-state index in [4.69, 9.17) is 0 Å². The fraction of sp³-hybridized carbons (Fsp3) is 0.250. The summed E-state index contributed by atoms with van der Waals surface area (Å²) in [5, 5.41) is 5.90. The predicted molar refractivity (Wildman–Crippen MR) is 80.5 cm³/mol. The van der Waals surface area contributed by atoms with Crippen molar-refractivity contribution >= 4 is 10.8 Å². The second-order valence-corrected chi connectivity index (χ2v) is 4.83. The molecule has 20 heavy (non-hydrogen) atoms. The number of pyridine rings is 1. The molecular formula is C16H18N4. The van der Waals surface area contributed by atoms with E-state index in [9.17, 15) is 0 Å². The largest absolute Gasteiger partial charge is 0.336 e. The van der Waals surface area contributed by atoms with Crippen molar-refractivity contribution in [3.63, 3.8) is 0 Å². The van der Waals surface area contributed by atoms with Crippen LogP contribution >= 0.6 is 0 Å². The number of aromatic nitrogens is 3. The summed E-state index contributed by atoms with van der Waals surface area (Å²) in [6.07, 6.45) is 7.56. The number of fused-ring (bicyclic) bond motifs is 1. The zero-order valence-electron chi connectivity index (χ0n) is 11.7. The Kier molecular flexibility index (Phi) is 3.48. The Hall–Kier alpha value is -2.20. The molecule has 1 unspecified atom stereocenters. The van der Waals surface area contributed by atoms with Gasteiger partial charge in [-0.05, 0) is 23.6 Å². The van der Waals surface area contributed by atoms with Crippen molar-refractivity contribution in [2.45, 2.75) is 13.0 Å². The molecule has 3 aromatic rings. The Labute approximate surface area is 118 Å². The number of rotatable bonds is 4. The molecule has 0 aliphatic rings. The van der Waals surface area contributed by atoms with E-state index in [1.165, 1.54) is 10.9 Å². The Morgan fingerprint density at radius 3 is 2.90 bits per heavy atom. The molecule has 4 heteroatoms. The topological polar surface area (TPSA) is 42.7 Å². The quantitative estimate of drug-likeness (QED) is 0.789. The maximum Gasteiger partial charge on any atom is 0.130 e. The first-order valence-electron chi connectivity index (χ1n) is 6.84. The molecule has 4 nitrogen and oxygen atoms in total. The van der Waals surface area contributed by atoms with Gasteiger partial charge in [-0.25, -0.2) is 4.98 Å². The molecule has 0 saturated carbocycles. The van der Waals surface area contributed by atoms with Gasteiger partial charge in [0.1, 0.15) is 5.82 Å². The molecule has 0 saturated heterocycles. The number of hydrogen-bond donors (Lipinski definition) is 1. The van der Waals surface area contributed by atoms with E-state index in [0.29, 0.717) is 0 Å². The van der Waals surface area contributed by atoms with Crippen LogP contribution in [0.2, 0.25) is 0 Å². The minimum absolute atomic E-state index is 0.0890. The molecule has 3 rings (SSSR count). The Balaban J connectivity index is 2.17. The first kappa shape index (κ1) is 12.8. The van der Waals surface area contributed by atoms with Gasteiger partial charge < -0.3 is 9.88 Å². The third-order valence-corrected chi connectivity index (χ3v) is 3.55. The zero-order chi connectivity index (χ0) is 13.9. The van der Waals surface area contributed by atoms with Crippen LogP contribution in [-0.4, -0.2) is 21.1 Å². The molecule has 0 aliphatic heterocycles. The van der Waals surface area contributed by atoms with Crippen LogP contribution in [0.15, 0.2) is 49.1 Å². The van der Waals surface area contributed by atoms with Crippen molar-refractivity contribution in [3.8, 4) is 0 Å². The summed E-state index contributed by atoms with van der Waals surface area (Å²) in [7, 11) is 2.03. The highest BCUT2D eigenvalue weighted by Gasteiger charge is 2.19. The van der Waals surface area contributed by atoms with Crippen LogP contribution < -0.4 is 5.32 Å². The summed E-state index contributed by atoms with van der Waals surface area (Å²) < 4.78 is 2.06. The first-order valence-corrected chi connectivity index (χ1v) is 6.84. The molecule has 0 amide bonds. The number of hydrogen-bond acceptors (Lipinski definition) is 3. The van der Waals surface area contributed by atoms with E-state index >= 15 is 0 Å². The van der Waals surface area contributed by atoms with Crippen LogP contribution in [0.25, 0.3) is 10.8 Å². The second-order valence-electron chi connectivity index (χ2n) is 4.83. The second kappa shape index (κ2) is 5.43. The van der Waals surface area contributed by atoms with Gasteiger partial charge in [-0.1, -0.05) is 25.1 Å². The van der Waals surface area contributed by atoms with Gasteiger partial charge in [0.2, 0.25) is 0 Å². The van der Waals surface area contributed by atoms with E-state index in [1.54, 1.807) is 0 Å². The molecule has 1 atom stereocenters. The highest BCUT2D eigenvalue weighted by molar-refractivity contribution is 5.85. The van der Waals surface area contributed by atoms with Crippen molar-refractivity contribution < 1.29 is 0 Å². The van der Waals surface area contributed by atoms with Crippen molar-refractivity contribution in [3.05, 3.63) is 60.4 Å². The third-order valence-electron chi connectivity index (χ3n) is 3.55. The van der Waals surface area contributed by atoms with Gasteiger partial charge in [-0.3, -0.25) is 4.98 Å². The standard InChI is InChI=1S/C16H18N4/c1-3-18-15(16-19-9-10-20(16)2)14-6-4-5-12-11-17-8-7-13(12)14/h4-11,15,18H,3H2,1-2H3. The fourth-order valence-electron chi connectivity index (χ4n) is 2.60. The SMILES string of the molecule is CCNC(c1cccc2cnccc12)c1nccn1C. The summed E-state index contributed by atoms with van der Waals surface area (Å²) in [6.45, 7) is 3.00. The molecule has 0 aliphatic carbocycles. The molecule has 0 radical (unpaired) electrons. The average Bonchev–Trinajstić information content (AvgIpc) is 2.90. The van der Waals surface area contributed by atoms with E-state index in [-0.39, 0.29) is 6.04 Å². The number of nitrogens with one attached hydrogen (secondary N) is 1. The van der Waals surface area contributed by atoms with Gasteiger partial charge in [0.25, 0.3) is 0 Å². The monoisotopic (exact) mass is 266 g/mol. The van der Waals surface area contributed by atoms with Gasteiger partial charge in [-0.15, -0.1) is 0 Å². The van der Waals surface area contributed by atoms with Gasteiger partial charge >= 0.3 is 0 Å². The van der Waals surface area contributed by atoms with Gasteiger partial charge in [0.15, 0.2) is 0 Å². The van der Waals surface area contributed by atoms with E-state index < -0.39 is 0 Å². The van der Waals surface area contributed by atoms with Gasteiger partial charge in [0.05, 0.1) is 6.04 Å². The molecule has 102 valence electrons. The lowest BCUT2D eigenvalue weighted by molar-refractivity contribution is 0.580. The van der Waals surface area contributed by atoms with E-state index in [1.807, 2.05) is 31.8 Å². The van der Waals surface area contributed by atoms with Crippen molar-refractivity contribution in [2.75, 3.05) is 6.54 Å². The average molecular weight is 266 g/mol. The lowest BCUT2D eigenvalue weighted by Gasteiger charge is -2.20. The lowest BCUT2D eigenvalue weighted by Crippen LogP contribution is -2.25. The Morgan fingerprint density at radius 2 is 2.15 bits per heavy atom. The zero-order valence-corrected chi connectivity index (χ0v) is 11.7. The van der Waals surface area contributed by atoms with Crippen LogP contribution in [0.3, 0.4) is 0 Å². The third kappa shape index (κ3) is 2.18. The van der Waals surface area contributed by atoms with E-state index in [0.717, 1.165) is 17.8 Å². The first-order chi connectivity index (χ1) is 9.81. The fourth-order valence-corrected chi connectivity index (χ4v) is 2.60. The van der Waals surface area contributed by atoms with Crippen molar-refractivity contribution in [2.24, 2.45) is 7.05 Å². The summed E-state index contributed by atoms with van der Waals surface area (Å²) in [5.41, 5.74) is 1.24. The van der Waals surface area contributed by atoms with Crippen molar-refractivity contribution in [1.29, 1.82) is 0 Å². The van der Waals surface area contributed by atoms with Gasteiger partial charge in [0, 0.05) is 37.2 Å². The maximum absolute atomic E-state index is 4.50. The molecule has 0 bridgehead atoms. The van der Waals surface area contributed by atoms with E-state index in [2.05, 4.69) is 51.0 Å². The number of imidazole rings is 1. The molecule has 0 spiro atoms. The highest BCUT2D eigenvalue weighted by atomic mass is 15.1. The van der Waals surface area contributed by atoms with Crippen LogP contribution in [0.1, 0.15) is 24.4 Å². The summed E-state index contributed by atoms with van der Waals surface area (Å²) >= 11 is 0. The number of benzene rings is 1. The number of nitrogens with zero attached hydrogens (tertiary/aromatic N) is 3. The van der Waals surface area contributed by atoms with Crippen LogP contribution in [0.5, 0.6) is 0 Å². The van der Waals surface area contributed by atoms with Crippen LogP contribution in [-0.2, 0) is 7.05 Å². The van der Waals surface area contributed by atoms with Gasteiger partial charge in [-0.2, -0.15) is 0 Å². The number of aryl methyl sites for hydroxylation is 1. The predicted octanol–water partition coefficient (Wildman–Crippen LogP) is 2.67. The van der Waals surface area contributed by atoms with Crippen molar-refractivity contribution in [1.82, 2.24) is 19.9 Å². The minimum Gasteiger partial charge on any atom is -0.336 e. The normalized spacial score (nSPS) is 12.7. The molecule has 0 fully saturated rings. The Bertz CT molecular complexity index is 712. The maximum atomic E-state index is 4.50. The van der Waals surface area contributed by atoms with Crippen LogP contribution in [0, 0.1) is 0 Å². The molecule has 2 aromatic heterocycles. The molecular weight excluding hydrogens is 248 g/mol. The smallest absolute Gasteiger partial charge is 0.130 e. The molecule has 1 aromatic carbocycles. The lowest BCUT2D eigenvalue weighted by atomic mass is 9.99. The molecule has 2 heterocycles. The summed E-state index contributed by atoms with van der Waals surface area (Å²) in [6, 6.07) is 8.48. The molecule has 1 N–H and O–H groups in total. The highest BCUT2D eigenvalue weighted by Crippen LogP contribution is 2.27. The van der Waals surface area contributed by atoms with Crippen LogP contribution in [0.4, 0.5) is 0 Å². The Morgan fingerprint density at radius 1 is 1.25 bits per heavy atom. The summed E-state index contributed by atoms with van der Waals surface area (Å²) in [4.78, 5) is 8.70.